The molecule has 0 aliphatic carbocycles. The van der Waals surface area contributed by atoms with Gasteiger partial charge in [-0.3, -0.25) is 9.59 Å². The predicted octanol–water partition coefficient (Wildman–Crippen LogP) is 1.91. The van der Waals surface area contributed by atoms with E-state index in [1.807, 2.05) is 0 Å². The number of fused-ring (bicyclic) bond motifs is 3. The highest BCUT2D eigenvalue weighted by molar-refractivity contribution is 6.17. The van der Waals surface area contributed by atoms with Crippen molar-refractivity contribution in [3.8, 4) is 0 Å². The Kier molecular flexibility index (Phi) is 5.36. The van der Waals surface area contributed by atoms with Gasteiger partial charge in [-0.05, 0) is 44.5 Å². The van der Waals surface area contributed by atoms with Gasteiger partial charge in [-0.2, -0.15) is 0 Å². The molecule has 1 unspecified atom stereocenters. The maximum absolute atomic E-state index is 12.5. The molecule has 3 aromatic rings. The summed E-state index contributed by atoms with van der Waals surface area (Å²) in [4.78, 5) is 45.5. The van der Waals surface area contributed by atoms with Crippen LogP contribution in [0.1, 0.15) is 40.0 Å². The lowest BCUT2D eigenvalue weighted by Gasteiger charge is -2.39. The van der Waals surface area contributed by atoms with Crippen LogP contribution < -0.4 is 16.0 Å². The molecule has 2 aromatic heterocycles. The fraction of sp³-hybridized carbons (Fsp3) is 0.364. The van der Waals surface area contributed by atoms with Crippen molar-refractivity contribution in [3.63, 3.8) is 0 Å². The number of hydrogen-bond acceptors (Lipinski definition) is 6. The van der Waals surface area contributed by atoms with Crippen LogP contribution in [-0.2, 0) is 4.79 Å². The molecule has 1 spiro atoms. The van der Waals surface area contributed by atoms with Crippen LogP contribution in [0.2, 0.25) is 0 Å². The van der Waals surface area contributed by atoms with Gasteiger partial charge in [-0.1, -0.05) is 0 Å². The van der Waals surface area contributed by atoms with Crippen molar-refractivity contribution in [2.45, 2.75) is 19.3 Å². The van der Waals surface area contributed by atoms with Crippen molar-refractivity contribution in [1.82, 2.24) is 15.3 Å². The van der Waals surface area contributed by atoms with Gasteiger partial charge in [-0.15, -0.1) is 0 Å². The summed E-state index contributed by atoms with van der Waals surface area (Å²) in [5, 5.41) is 13.8. The number of carboxylic acids is 1. The lowest BCUT2D eigenvalue weighted by Crippen LogP contribution is -2.47. The number of anilines is 1. The summed E-state index contributed by atoms with van der Waals surface area (Å²) in [5.41, 5.74) is 6.06. The number of aromatic amines is 1. The molecule has 1 amide bonds. The largest absolute Gasteiger partial charge is 0.478 e. The molecule has 9 heteroatoms. The van der Waals surface area contributed by atoms with Crippen molar-refractivity contribution in [1.29, 1.82) is 0 Å². The van der Waals surface area contributed by atoms with Crippen LogP contribution in [0.5, 0.6) is 0 Å². The molecule has 162 valence electrons. The number of pyridine rings is 1. The van der Waals surface area contributed by atoms with Crippen LogP contribution in [0, 0.1) is 5.41 Å². The second-order valence-corrected chi connectivity index (χ2v) is 7.91. The molecule has 2 saturated heterocycles. The number of aromatic carboxylic acids is 1. The minimum Gasteiger partial charge on any atom is -0.478 e. The Morgan fingerprint density at radius 2 is 2.13 bits per heavy atom. The van der Waals surface area contributed by atoms with Gasteiger partial charge in [0.05, 0.1) is 27.4 Å². The van der Waals surface area contributed by atoms with Gasteiger partial charge in [0.15, 0.2) is 6.29 Å². The summed E-state index contributed by atoms with van der Waals surface area (Å²) in [6.07, 6.45) is 4.80. The van der Waals surface area contributed by atoms with E-state index in [0.29, 0.717) is 35.4 Å². The number of carbonyl (C=O) groups excluding carboxylic acids is 2. The first-order valence-corrected chi connectivity index (χ1v) is 10.3. The van der Waals surface area contributed by atoms with Crippen LogP contribution in [0.4, 0.5) is 5.82 Å². The number of hydrogen-bond donors (Lipinski definition) is 4. The zero-order valence-corrected chi connectivity index (χ0v) is 17.3. The van der Waals surface area contributed by atoms with Crippen LogP contribution in [0.15, 0.2) is 24.4 Å². The number of carboxylic acid groups (broad SMARTS) is 1. The number of aromatic nitrogens is 2. The van der Waals surface area contributed by atoms with Crippen molar-refractivity contribution in [2.75, 3.05) is 31.6 Å². The van der Waals surface area contributed by atoms with Crippen LogP contribution >= 0.6 is 0 Å². The fourth-order valence-corrected chi connectivity index (χ4v) is 4.78. The number of amides is 1. The molecule has 31 heavy (non-hydrogen) atoms. The van der Waals surface area contributed by atoms with E-state index < -0.39 is 11.4 Å². The van der Waals surface area contributed by atoms with Crippen molar-refractivity contribution >= 4 is 45.8 Å². The number of aldehydes is 1. The molecule has 2 aliphatic heterocycles. The number of nitrogens with one attached hydrogen (secondary N) is 2. The molecule has 0 radical (unpaired) electrons. The highest BCUT2D eigenvalue weighted by Crippen LogP contribution is 2.41. The van der Waals surface area contributed by atoms with Crippen LogP contribution in [0.3, 0.4) is 0 Å². The molecular weight excluding hydrogens is 398 g/mol. The van der Waals surface area contributed by atoms with Crippen molar-refractivity contribution in [3.05, 3.63) is 35.5 Å². The first-order valence-electron chi connectivity index (χ1n) is 10.3. The third-order valence-corrected chi connectivity index (χ3v) is 6.26. The van der Waals surface area contributed by atoms with Gasteiger partial charge in [0.2, 0.25) is 5.91 Å². The molecule has 4 heterocycles. The quantitative estimate of drug-likeness (QED) is 0.472. The SMILES string of the molecule is CN.O=Cc1cnc(N2CCCC3(CCNC3=O)C2)c2c1[nH]c1ccc(C(=O)O)cc12. The number of rotatable bonds is 3. The Hall–Kier alpha value is -3.46. The molecule has 2 aliphatic rings. The molecule has 9 nitrogen and oxygen atoms in total. The topological polar surface area (TPSA) is 141 Å². The zero-order chi connectivity index (χ0) is 22.2. The Labute approximate surface area is 178 Å². The number of piperidine rings is 1. The number of nitrogens with two attached hydrogens (primary N) is 1. The molecular formula is C22H25N5O4. The zero-order valence-electron chi connectivity index (χ0n) is 17.3. The Morgan fingerprint density at radius 1 is 1.32 bits per heavy atom. The summed E-state index contributed by atoms with van der Waals surface area (Å²) in [6, 6.07) is 4.85. The van der Waals surface area contributed by atoms with Crippen molar-refractivity contribution < 1.29 is 19.5 Å². The lowest BCUT2D eigenvalue weighted by molar-refractivity contribution is -0.128. The van der Waals surface area contributed by atoms with Crippen molar-refractivity contribution in [2.24, 2.45) is 11.1 Å². The molecule has 0 bridgehead atoms. The van der Waals surface area contributed by atoms with E-state index in [4.69, 9.17) is 0 Å². The maximum atomic E-state index is 12.5. The van der Waals surface area contributed by atoms with E-state index in [9.17, 15) is 19.5 Å². The molecule has 1 aromatic carbocycles. The maximum Gasteiger partial charge on any atom is 0.335 e. The Bertz CT molecular complexity index is 1190. The van der Waals surface area contributed by atoms with E-state index in [-0.39, 0.29) is 11.5 Å². The summed E-state index contributed by atoms with van der Waals surface area (Å²) < 4.78 is 0. The van der Waals surface area contributed by atoms with Crippen LogP contribution in [-0.4, -0.2) is 59.9 Å². The molecule has 5 rings (SSSR count). The van der Waals surface area contributed by atoms with E-state index >= 15 is 0 Å². The Morgan fingerprint density at radius 3 is 2.81 bits per heavy atom. The standard InChI is InChI=1S/C21H20N4O4.CH5N/c26-10-13-9-23-18(25-7-1-4-21(11-25)5-6-22-20(21)29)16-14-8-12(19(27)28)2-3-15(14)24-17(13)16;1-2/h2-3,8-10,24H,1,4-7,11H2,(H,22,29)(H,27,28);2H2,1H3. The average Bonchev–Trinajstić information content (AvgIpc) is 3.34. The molecule has 2 fully saturated rings. The third kappa shape index (κ3) is 3.31. The van der Waals surface area contributed by atoms with Gasteiger partial charge in [-0.25, -0.2) is 9.78 Å². The summed E-state index contributed by atoms with van der Waals surface area (Å²) >= 11 is 0. The summed E-state index contributed by atoms with van der Waals surface area (Å²) in [7, 11) is 1.50. The van der Waals surface area contributed by atoms with Crippen LogP contribution in [0.25, 0.3) is 21.8 Å². The molecule has 0 saturated carbocycles. The monoisotopic (exact) mass is 423 g/mol. The van der Waals surface area contributed by atoms with Gasteiger partial charge >= 0.3 is 5.97 Å². The first kappa shape index (κ1) is 20.8. The lowest BCUT2D eigenvalue weighted by atomic mass is 9.78. The number of nitrogens with zero attached hydrogens (tertiary/aromatic N) is 2. The number of benzene rings is 1. The highest BCUT2D eigenvalue weighted by atomic mass is 16.4. The number of carbonyl (C=O) groups is 3. The minimum absolute atomic E-state index is 0.0926. The average molecular weight is 423 g/mol. The summed E-state index contributed by atoms with van der Waals surface area (Å²) in [6.45, 7) is 2.00. The van der Waals surface area contributed by atoms with E-state index in [0.717, 1.165) is 43.0 Å². The van der Waals surface area contributed by atoms with E-state index in [2.05, 4.69) is 25.9 Å². The second kappa shape index (κ2) is 7.99. The molecule has 1 atom stereocenters. The van der Waals surface area contributed by atoms with Gasteiger partial charge in [0.25, 0.3) is 0 Å². The fourth-order valence-electron chi connectivity index (χ4n) is 4.78. The summed E-state index contributed by atoms with van der Waals surface area (Å²) in [5.74, 6) is -0.241. The normalized spacial score (nSPS) is 20.6. The second-order valence-electron chi connectivity index (χ2n) is 7.91. The third-order valence-electron chi connectivity index (χ3n) is 6.26. The minimum atomic E-state index is -1.01. The molecule has 5 N–H and O–H groups in total. The highest BCUT2D eigenvalue weighted by Gasteiger charge is 2.45. The smallest absolute Gasteiger partial charge is 0.335 e. The Balaban J connectivity index is 0.00000112. The van der Waals surface area contributed by atoms with E-state index in [1.54, 1.807) is 12.1 Å². The van der Waals surface area contributed by atoms with Gasteiger partial charge in [0.1, 0.15) is 5.82 Å². The first-order chi connectivity index (χ1) is 15.0. The number of H-pyrrole nitrogens is 1. The van der Waals surface area contributed by atoms with Gasteiger partial charge in [0, 0.05) is 36.7 Å². The van der Waals surface area contributed by atoms with E-state index in [1.165, 1.54) is 19.3 Å². The predicted molar refractivity (Wildman–Crippen MR) is 118 cm³/mol. The van der Waals surface area contributed by atoms with Gasteiger partial charge < -0.3 is 26.0 Å².